The van der Waals surface area contributed by atoms with Crippen molar-refractivity contribution in [3.63, 3.8) is 0 Å². The van der Waals surface area contributed by atoms with Gasteiger partial charge in [-0.1, -0.05) is 6.92 Å². The molecule has 0 saturated heterocycles. The number of hydrogen-bond donors (Lipinski definition) is 1. The van der Waals surface area contributed by atoms with Gasteiger partial charge in [-0.2, -0.15) is 0 Å². The third-order valence-corrected chi connectivity index (χ3v) is 2.44. The number of aromatic nitrogens is 2. The quantitative estimate of drug-likeness (QED) is 0.806. The summed E-state index contributed by atoms with van der Waals surface area (Å²) in [6, 6.07) is 4.35. The number of nitrogens with two attached hydrogens (primary N) is 1. The Morgan fingerprint density at radius 1 is 1.44 bits per heavy atom. The average molecular weight is 219 g/mol. The van der Waals surface area contributed by atoms with Gasteiger partial charge in [0.15, 0.2) is 0 Å². The number of anilines is 1. The van der Waals surface area contributed by atoms with Gasteiger partial charge < -0.3 is 10.3 Å². The molecule has 0 aliphatic carbocycles. The fraction of sp³-hybridized carbons (Fsp3) is 0.250. The number of hydrogen-bond acceptors (Lipinski definition) is 2. The van der Waals surface area contributed by atoms with Gasteiger partial charge in [0, 0.05) is 18.8 Å². The summed E-state index contributed by atoms with van der Waals surface area (Å²) in [5, 5.41) is 0. The Morgan fingerprint density at radius 2 is 2.25 bits per heavy atom. The topological polar surface area (TPSA) is 43.8 Å². The lowest BCUT2D eigenvalue weighted by Gasteiger charge is -2.10. The number of benzene rings is 1. The zero-order chi connectivity index (χ0) is 11.5. The molecule has 1 aromatic carbocycles. The predicted octanol–water partition coefficient (Wildman–Crippen LogP) is 2.55. The van der Waals surface area contributed by atoms with E-state index >= 15 is 0 Å². The van der Waals surface area contributed by atoms with Crippen LogP contribution in [-0.4, -0.2) is 9.55 Å². The van der Waals surface area contributed by atoms with Gasteiger partial charge >= 0.3 is 0 Å². The van der Waals surface area contributed by atoms with Gasteiger partial charge in [-0.25, -0.2) is 9.37 Å². The van der Waals surface area contributed by atoms with E-state index < -0.39 is 0 Å². The Bertz CT molecular complexity index is 491. The second-order valence-corrected chi connectivity index (χ2v) is 3.67. The van der Waals surface area contributed by atoms with Gasteiger partial charge in [-0.05, 0) is 24.6 Å². The van der Waals surface area contributed by atoms with Crippen molar-refractivity contribution in [2.24, 2.45) is 0 Å². The monoisotopic (exact) mass is 219 g/mol. The molecule has 0 spiro atoms. The molecular weight excluding hydrogens is 205 g/mol. The highest BCUT2D eigenvalue weighted by Crippen LogP contribution is 2.20. The van der Waals surface area contributed by atoms with Crippen LogP contribution in [0.15, 0.2) is 30.6 Å². The maximum absolute atomic E-state index is 13.2. The second kappa shape index (κ2) is 4.35. The van der Waals surface area contributed by atoms with Crippen molar-refractivity contribution in [1.82, 2.24) is 9.55 Å². The SMILES string of the molecule is CCCc1nccn1-c1cc(F)ccc1N. The van der Waals surface area contributed by atoms with Gasteiger partial charge in [0.2, 0.25) is 0 Å². The van der Waals surface area contributed by atoms with E-state index in [0.29, 0.717) is 11.4 Å². The molecule has 0 saturated carbocycles. The Labute approximate surface area is 93.7 Å². The zero-order valence-electron chi connectivity index (χ0n) is 9.15. The molecule has 2 N–H and O–H groups in total. The molecule has 0 aliphatic heterocycles. The summed E-state index contributed by atoms with van der Waals surface area (Å²) in [5.41, 5.74) is 7.04. The van der Waals surface area contributed by atoms with Crippen molar-refractivity contribution in [3.8, 4) is 5.69 Å². The van der Waals surface area contributed by atoms with Gasteiger partial charge in [0.05, 0.1) is 11.4 Å². The molecule has 4 heteroatoms. The maximum atomic E-state index is 13.2. The zero-order valence-corrected chi connectivity index (χ0v) is 9.15. The summed E-state index contributed by atoms with van der Waals surface area (Å²) >= 11 is 0. The Balaban J connectivity index is 2.49. The normalized spacial score (nSPS) is 10.6. The number of aryl methyl sites for hydroxylation is 1. The highest BCUT2D eigenvalue weighted by Gasteiger charge is 2.08. The molecular formula is C12H14FN3. The van der Waals surface area contributed by atoms with Crippen LogP contribution in [0.3, 0.4) is 0 Å². The van der Waals surface area contributed by atoms with Crippen LogP contribution in [0.4, 0.5) is 10.1 Å². The van der Waals surface area contributed by atoms with Crippen LogP contribution in [0, 0.1) is 5.82 Å². The lowest BCUT2D eigenvalue weighted by molar-refractivity contribution is 0.626. The molecule has 3 nitrogen and oxygen atoms in total. The lowest BCUT2D eigenvalue weighted by Crippen LogP contribution is -2.04. The van der Waals surface area contributed by atoms with E-state index in [9.17, 15) is 4.39 Å². The molecule has 0 amide bonds. The fourth-order valence-corrected chi connectivity index (χ4v) is 1.69. The molecule has 84 valence electrons. The predicted molar refractivity (Wildman–Crippen MR) is 61.9 cm³/mol. The maximum Gasteiger partial charge on any atom is 0.125 e. The average Bonchev–Trinajstić information content (AvgIpc) is 2.70. The second-order valence-electron chi connectivity index (χ2n) is 3.67. The molecule has 0 aliphatic rings. The van der Waals surface area contributed by atoms with Crippen molar-refractivity contribution in [2.75, 3.05) is 5.73 Å². The van der Waals surface area contributed by atoms with Crippen LogP contribution in [0.2, 0.25) is 0 Å². The molecule has 2 aromatic rings. The highest BCUT2D eigenvalue weighted by molar-refractivity contribution is 5.58. The first-order valence-electron chi connectivity index (χ1n) is 5.30. The van der Waals surface area contributed by atoms with Crippen LogP contribution < -0.4 is 5.73 Å². The minimum Gasteiger partial charge on any atom is -0.397 e. The summed E-state index contributed by atoms with van der Waals surface area (Å²) in [7, 11) is 0. The van der Waals surface area contributed by atoms with Crippen molar-refractivity contribution in [2.45, 2.75) is 19.8 Å². The lowest BCUT2D eigenvalue weighted by atomic mass is 10.2. The van der Waals surface area contributed by atoms with Crippen LogP contribution in [-0.2, 0) is 6.42 Å². The molecule has 0 unspecified atom stereocenters. The van der Waals surface area contributed by atoms with Gasteiger partial charge in [0.1, 0.15) is 11.6 Å². The molecule has 1 heterocycles. The van der Waals surface area contributed by atoms with E-state index in [1.807, 2.05) is 4.57 Å². The van der Waals surface area contributed by atoms with E-state index in [1.54, 1.807) is 18.5 Å². The van der Waals surface area contributed by atoms with E-state index in [4.69, 9.17) is 5.73 Å². The van der Waals surface area contributed by atoms with Gasteiger partial charge in [-0.3, -0.25) is 0 Å². The van der Waals surface area contributed by atoms with E-state index in [-0.39, 0.29) is 5.82 Å². The number of halogens is 1. The van der Waals surface area contributed by atoms with Crippen LogP contribution >= 0.6 is 0 Å². The standard InChI is InChI=1S/C12H14FN3/c1-2-3-12-15-6-7-16(12)11-8-9(13)4-5-10(11)14/h4-8H,2-3,14H2,1H3. The number of nitrogens with zero attached hydrogens (tertiary/aromatic N) is 2. The third kappa shape index (κ3) is 1.91. The van der Waals surface area contributed by atoms with Gasteiger partial charge in [-0.15, -0.1) is 0 Å². The molecule has 16 heavy (non-hydrogen) atoms. The minimum atomic E-state index is -0.291. The molecule has 0 fully saturated rings. The van der Waals surface area contributed by atoms with Crippen LogP contribution in [0.1, 0.15) is 19.2 Å². The summed E-state index contributed by atoms with van der Waals surface area (Å²) in [6.07, 6.45) is 5.35. The largest absolute Gasteiger partial charge is 0.397 e. The summed E-state index contributed by atoms with van der Waals surface area (Å²) in [5.74, 6) is 0.611. The molecule has 0 bridgehead atoms. The van der Waals surface area contributed by atoms with Gasteiger partial charge in [0.25, 0.3) is 0 Å². The molecule has 0 atom stereocenters. The summed E-state index contributed by atoms with van der Waals surface area (Å²) < 4.78 is 15.0. The van der Waals surface area contributed by atoms with Crippen molar-refractivity contribution < 1.29 is 4.39 Å². The third-order valence-electron chi connectivity index (χ3n) is 2.44. The van der Waals surface area contributed by atoms with E-state index in [1.165, 1.54) is 12.1 Å². The Kier molecular flexibility index (Phi) is 2.90. The number of rotatable bonds is 3. The smallest absolute Gasteiger partial charge is 0.125 e. The van der Waals surface area contributed by atoms with Crippen molar-refractivity contribution >= 4 is 5.69 Å². The summed E-state index contributed by atoms with van der Waals surface area (Å²) in [4.78, 5) is 4.24. The van der Waals surface area contributed by atoms with Crippen molar-refractivity contribution in [3.05, 3.63) is 42.2 Å². The molecule has 2 rings (SSSR count). The van der Waals surface area contributed by atoms with Crippen LogP contribution in [0.25, 0.3) is 5.69 Å². The first-order chi connectivity index (χ1) is 7.72. The van der Waals surface area contributed by atoms with Crippen LogP contribution in [0.5, 0.6) is 0 Å². The molecule has 1 aromatic heterocycles. The number of nitrogen functional groups attached to an aromatic ring is 1. The minimum absolute atomic E-state index is 0.291. The Hall–Kier alpha value is -1.84. The Morgan fingerprint density at radius 3 is 3.00 bits per heavy atom. The summed E-state index contributed by atoms with van der Waals surface area (Å²) in [6.45, 7) is 2.08. The first kappa shape index (κ1) is 10.7. The highest BCUT2D eigenvalue weighted by atomic mass is 19.1. The van der Waals surface area contributed by atoms with Crippen molar-refractivity contribution in [1.29, 1.82) is 0 Å². The fourth-order valence-electron chi connectivity index (χ4n) is 1.69. The molecule has 0 radical (unpaired) electrons. The van der Waals surface area contributed by atoms with E-state index in [2.05, 4.69) is 11.9 Å². The van der Waals surface area contributed by atoms with E-state index in [0.717, 1.165) is 18.7 Å². The number of imidazole rings is 1. The first-order valence-corrected chi connectivity index (χ1v) is 5.30.